The van der Waals surface area contributed by atoms with Crippen molar-refractivity contribution in [2.75, 3.05) is 0 Å². The number of allylic oxidation sites excluding steroid dienone is 1. The summed E-state index contributed by atoms with van der Waals surface area (Å²) in [4.78, 5) is 24.9. The molecule has 0 saturated heterocycles. The van der Waals surface area contributed by atoms with Crippen LogP contribution in [0.2, 0.25) is 0 Å². The molecule has 0 amide bonds. The van der Waals surface area contributed by atoms with Crippen LogP contribution in [-0.4, -0.2) is 20.9 Å². The van der Waals surface area contributed by atoms with E-state index in [2.05, 4.69) is 11.7 Å². The number of carboxylic acids is 1. The fourth-order valence-electron chi connectivity index (χ4n) is 3.52. The van der Waals surface area contributed by atoms with E-state index in [-0.39, 0.29) is 0 Å². The molecule has 0 bridgehead atoms. The lowest BCUT2D eigenvalue weighted by Gasteiger charge is -2.16. The molecular formula is C24H24N2O3. The van der Waals surface area contributed by atoms with Gasteiger partial charge in [-0.3, -0.25) is 4.79 Å². The molecule has 0 aliphatic carbocycles. The van der Waals surface area contributed by atoms with Crippen LogP contribution >= 0.6 is 0 Å². The summed E-state index contributed by atoms with van der Waals surface area (Å²) in [6, 6.07) is 12.9. The molecule has 0 aliphatic heterocycles. The maximum atomic E-state index is 13.1. The number of carboxylic acid groups (broad SMARTS) is 1. The number of nitrogens with zero attached hydrogens (tertiary/aromatic N) is 2. The standard InChI is InChI=1S/C24H24N2O3/c1-4-9-20-19(6-3)23(27)26(21(10-5-2)24(28)29)25-22(20)18-14-13-16-11-7-8-12-17(16)15-18/h4,6-9,11-15,21H,1,5,10H2,2-3H3,(H,28,29)/b19-6+,20-9+. The van der Waals surface area contributed by atoms with E-state index in [9.17, 15) is 14.7 Å². The van der Waals surface area contributed by atoms with Gasteiger partial charge in [0.15, 0.2) is 6.04 Å². The van der Waals surface area contributed by atoms with E-state index in [0.717, 1.165) is 21.0 Å². The van der Waals surface area contributed by atoms with Gasteiger partial charge in [0, 0.05) is 16.0 Å². The molecule has 1 atom stereocenters. The van der Waals surface area contributed by atoms with Crippen molar-refractivity contribution >= 4 is 28.9 Å². The summed E-state index contributed by atoms with van der Waals surface area (Å²) in [6.45, 7) is 7.41. The molecule has 0 fully saturated rings. The van der Waals surface area contributed by atoms with Crippen molar-refractivity contribution in [2.24, 2.45) is 0 Å². The number of hydrogen-bond acceptors (Lipinski definition) is 3. The molecule has 0 spiro atoms. The Morgan fingerprint density at radius 1 is 1.21 bits per heavy atom. The maximum absolute atomic E-state index is 13.1. The molecule has 5 heteroatoms. The lowest BCUT2D eigenvalue weighted by molar-refractivity contribution is -0.141. The average Bonchev–Trinajstić information content (AvgIpc) is 2.72. The fraction of sp³-hybridized carbons (Fsp3) is 0.208. The van der Waals surface area contributed by atoms with Gasteiger partial charge in [0.25, 0.3) is 5.56 Å². The summed E-state index contributed by atoms with van der Waals surface area (Å²) in [6.07, 6.45) is 6.01. The first kappa shape index (κ1) is 20.3. The van der Waals surface area contributed by atoms with Crippen LogP contribution in [0.25, 0.3) is 34.2 Å². The van der Waals surface area contributed by atoms with Gasteiger partial charge in [-0.15, -0.1) is 0 Å². The number of aromatic nitrogens is 2. The average molecular weight is 388 g/mol. The summed E-state index contributed by atoms with van der Waals surface area (Å²) < 4.78 is 1.12. The molecule has 0 aliphatic rings. The first-order valence-electron chi connectivity index (χ1n) is 9.65. The van der Waals surface area contributed by atoms with Gasteiger partial charge in [0.1, 0.15) is 0 Å². The fourth-order valence-corrected chi connectivity index (χ4v) is 3.52. The van der Waals surface area contributed by atoms with Crippen molar-refractivity contribution in [3.8, 4) is 11.3 Å². The number of rotatable bonds is 6. The van der Waals surface area contributed by atoms with Gasteiger partial charge in [-0.05, 0) is 30.2 Å². The number of carbonyl (C=O) groups is 1. The highest BCUT2D eigenvalue weighted by atomic mass is 16.4. The van der Waals surface area contributed by atoms with Gasteiger partial charge < -0.3 is 5.11 Å². The Morgan fingerprint density at radius 2 is 1.93 bits per heavy atom. The Labute approximate surface area is 168 Å². The van der Waals surface area contributed by atoms with Crippen LogP contribution in [0.4, 0.5) is 0 Å². The van der Waals surface area contributed by atoms with Crippen LogP contribution in [0.3, 0.4) is 0 Å². The second-order valence-corrected chi connectivity index (χ2v) is 6.82. The zero-order valence-electron chi connectivity index (χ0n) is 16.6. The lowest BCUT2D eigenvalue weighted by atomic mass is 10.0. The van der Waals surface area contributed by atoms with Gasteiger partial charge in [-0.2, -0.15) is 5.10 Å². The molecule has 1 aromatic heterocycles. The Hall–Kier alpha value is -3.47. The lowest BCUT2D eigenvalue weighted by Crippen LogP contribution is -2.49. The monoisotopic (exact) mass is 388 g/mol. The second-order valence-electron chi connectivity index (χ2n) is 6.82. The van der Waals surface area contributed by atoms with Crippen molar-refractivity contribution in [2.45, 2.75) is 32.7 Å². The van der Waals surface area contributed by atoms with Crippen LogP contribution < -0.4 is 16.0 Å². The summed E-state index contributed by atoms with van der Waals surface area (Å²) in [5, 5.41) is 17.4. The third-order valence-electron chi connectivity index (χ3n) is 4.93. The number of fused-ring (bicyclic) bond motifs is 1. The van der Waals surface area contributed by atoms with E-state index in [4.69, 9.17) is 0 Å². The van der Waals surface area contributed by atoms with Gasteiger partial charge >= 0.3 is 5.97 Å². The van der Waals surface area contributed by atoms with Crippen molar-refractivity contribution < 1.29 is 9.90 Å². The summed E-state index contributed by atoms with van der Waals surface area (Å²) >= 11 is 0. The van der Waals surface area contributed by atoms with Crippen LogP contribution in [0.15, 0.2) is 59.9 Å². The predicted molar refractivity (Wildman–Crippen MR) is 117 cm³/mol. The highest BCUT2D eigenvalue weighted by Crippen LogP contribution is 2.21. The molecule has 5 nitrogen and oxygen atoms in total. The van der Waals surface area contributed by atoms with Crippen LogP contribution in [0.1, 0.15) is 32.7 Å². The molecule has 29 heavy (non-hydrogen) atoms. The maximum Gasteiger partial charge on any atom is 0.328 e. The largest absolute Gasteiger partial charge is 0.480 e. The molecular weight excluding hydrogens is 364 g/mol. The summed E-state index contributed by atoms with van der Waals surface area (Å²) in [5.41, 5.74) is 0.964. The predicted octanol–water partition coefficient (Wildman–Crippen LogP) is 3.26. The molecule has 1 heterocycles. The minimum absolute atomic E-state index is 0.326. The summed E-state index contributed by atoms with van der Waals surface area (Å²) in [5.74, 6) is -1.06. The number of hydrogen-bond donors (Lipinski definition) is 1. The molecule has 0 radical (unpaired) electrons. The zero-order valence-corrected chi connectivity index (χ0v) is 16.6. The summed E-state index contributed by atoms with van der Waals surface area (Å²) in [7, 11) is 0. The third-order valence-corrected chi connectivity index (χ3v) is 4.93. The normalized spacial score (nSPS) is 13.6. The molecule has 148 valence electrons. The van der Waals surface area contributed by atoms with Crippen molar-refractivity contribution in [1.29, 1.82) is 0 Å². The van der Waals surface area contributed by atoms with Gasteiger partial charge in [-0.1, -0.05) is 74.5 Å². The van der Waals surface area contributed by atoms with E-state index >= 15 is 0 Å². The van der Waals surface area contributed by atoms with E-state index in [1.165, 1.54) is 0 Å². The molecule has 3 rings (SSSR count). The van der Waals surface area contributed by atoms with Crippen LogP contribution in [0, 0.1) is 0 Å². The van der Waals surface area contributed by atoms with E-state index in [0.29, 0.717) is 29.0 Å². The minimum Gasteiger partial charge on any atom is -0.480 e. The number of aliphatic carboxylic acids is 1. The SMILES string of the molecule is C=C/C=c1/c(-c2ccc3ccccc3c2)nn(C(CCC)C(=O)O)c(=O)/c1=C/C. The highest BCUT2D eigenvalue weighted by Gasteiger charge is 2.23. The van der Waals surface area contributed by atoms with E-state index < -0.39 is 17.6 Å². The van der Waals surface area contributed by atoms with Gasteiger partial charge in [-0.25, -0.2) is 9.48 Å². The Bertz CT molecular complexity index is 1260. The molecule has 1 N–H and O–H groups in total. The third kappa shape index (κ3) is 3.90. The Kier molecular flexibility index (Phi) is 6.07. The van der Waals surface area contributed by atoms with E-state index in [1.54, 1.807) is 25.2 Å². The first-order chi connectivity index (χ1) is 14.0. The smallest absolute Gasteiger partial charge is 0.328 e. The quantitative estimate of drug-likeness (QED) is 0.704. The molecule has 0 saturated carbocycles. The molecule has 2 aromatic carbocycles. The number of benzene rings is 2. The van der Waals surface area contributed by atoms with Gasteiger partial charge in [0.05, 0.1) is 5.69 Å². The Balaban J connectivity index is 2.42. The van der Waals surface area contributed by atoms with Gasteiger partial charge in [0.2, 0.25) is 0 Å². The molecule has 3 aromatic rings. The van der Waals surface area contributed by atoms with E-state index in [1.807, 2.05) is 49.4 Å². The van der Waals surface area contributed by atoms with Crippen molar-refractivity contribution in [3.05, 3.63) is 75.9 Å². The van der Waals surface area contributed by atoms with Crippen LogP contribution in [-0.2, 0) is 4.79 Å². The molecule has 1 unspecified atom stereocenters. The topological polar surface area (TPSA) is 72.2 Å². The van der Waals surface area contributed by atoms with Crippen LogP contribution in [0.5, 0.6) is 0 Å². The first-order valence-corrected chi connectivity index (χ1v) is 9.65. The zero-order chi connectivity index (χ0) is 21.0. The van der Waals surface area contributed by atoms with Crippen molar-refractivity contribution in [1.82, 2.24) is 9.78 Å². The second kappa shape index (κ2) is 8.69. The Morgan fingerprint density at radius 3 is 2.55 bits per heavy atom. The van der Waals surface area contributed by atoms with Crippen molar-refractivity contribution in [3.63, 3.8) is 0 Å². The minimum atomic E-state index is -1.06. The highest BCUT2D eigenvalue weighted by molar-refractivity contribution is 5.87.